The third-order valence-corrected chi connectivity index (χ3v) is 3.55. The van der Waals surface area contributed by atoms with E-state index in [4.69, 9.17) is 0 Å². The van der Waals surface area contributed by atoms with Crippen molar-refractivity contribution in [2.24, 2.45) is 0 Å². The van der Waals surface area contributed by atoms with Gasteiger partial charge in [0.05, 0.1) is 5.97 Å². The van der Waals surface area contributed by atoms with Crippen molar-refractivity contribution in [3.05, 3.63) is 29.8 Å². The normalized spacial score (nSPS) is 16.3. The first-order chi connectivity index (χ1) is 9.06. The first-order valence-corrected chi connectivity index (χ1v) is 6.56. The SMILES string of the molecule is CB(O)N1CCC(Nc2ccc(C(=O)[O-])cc2)CC1.[Li+]. The largest absolute Gasteiger partial charge is 1.00 e. The van der Waals surface area contributed by atoms with E-state index in [1.54, 1.807) is 31.1 Å². The Hall–Kier alpha value is -0.928. The van der Waals surface area contributed by atoms with Gasteiger partial charge in [0.2, 0.25) is 0 Å². The molecule has 7 heteroatoms. The van der Waals surface area contributed by atoms with Crippen molar-refractivity contribution < 1.29 is 33.8 Å². The third kappa shape index (κ3) is 4.57. The molecule has 1 fully saturated rings. The van der Waals surface area contributed by atoms with Gasteiger partial charge in [0, 0.05) is 11.7 Å². The number of carboxylic acid groups (broad SMARTS) is 1. The van der Waals surface area contributed by atoms with Gasteiger partial charge in [0.1, 0.15) is 0 Å². The zero-order valence-electron chi connectivity index (χ0n) is 12.0. The second-order valence-corrected chi connectivity index (χ2v) is 4.95. The number of hydrogen-bond acceptors (Lipinski definition) is 5. The molecule has 20 heavy (non-hydrogen) atoms. The summed E-state index contributed by atoms with van der Waals surface area (Å²) in [7, 11) is -0.386. The molecule has 0 atom stereocenters. The third-order valence-electron chi connectivity index (χ3n) is 3.55. The summed E-state index contributed by atoms with van der Waals surface area (Å²) in [5.74, 6) is -1.16. The van der Waals surface area contributed by atoms with Crippen molar-refractivity contribution in [2.75, 3.05) is 18.4 Å². The second-order valence-electron chi connectivity index (χ2n) is 4.95. The maximum Gasteiger partial charge on any atom is 1.00 e. The molecule has 0 bridgehead atoms. The molecule has 0 aromatic heterocycles. The molecule has 5 nitrogen and oxygen atoms in total. The van der Waals surface area contributed by atoms with Crippen molar-refractivity contribution in [1.29, 1.82) is 0 Å². The molecule has 0 spiro atoms. The van der Waals surface area contributed by atoms with Crippen molar-refractivity contribution >= 4 is 18.7 Å². The van der Waals surface area contributed by atoms with Crippen molar-refractivity contribution in [3.63, 3.8) is 0 Å². The molecule has 0 aliphatic carbocycles. The van der Waals surface area contributed by atoms with Crippen LogP contribution in [0.2, 0.25) is 6.82 Å². The fourth-order valence-corrected chi connectivity index (χ4v) is 2.36. The van der Waals surface area contributed by atoms with E-state index in [2.05, 4.69) is 5.32 Å². The number of aromatic carboxylic acids is 1. The molecule has 2 rings (SSSR count). The minimum absolute atomic E-state index is 0. The first kappa shape index (κ1) is 17.1. The van der Waals surface area contributed by atoms with E-state index < -0.39 is 5.97 Å². The van der Waals surface area contributed by atoms with Crippen LogP contribution in [0, 0.1) is 0 Å². The van der Waals surface area contributed by atoms with Crippen molar-refractivity contribution in [1.82, 2.24) is 4.81 Å². The van der Waals surface area contributed by atoms with E-state index in [0.717, 1.165) is 31.6 Å². The summed E-state index contributed by atoms with van der Waals surface area (Å²) in [4.78, 5) is 12.7. The minimum Gasteiger partial charge on any atom is -0.545 e. The maximum absolute atomic E-state index is 10.6. The van der Waals surface area contributed by atoms with E-state index in [-0.39, 0.29) is 31.5 Å². The molecule has 1 heterocycles. The average molecular weight is 268 g/mol. The zero-order valence-corrected chi connectivity index (χ0v) is 12.0. The molecule has 0 amide bonds. The minimum atomic E-state index is -1.16. The Morgan fingerprint density at radius 1 is 1.35 bits per heavy atom. The van der Waals surface area contributed by atoms with E-state index >= 15 is 0 Å². The van der Waals surface area contributed by atoms with Gasteiger partial charge in [-0.3, -0.25) is 0 Å². The van der Waals surface area contributed by atoms with Crippen molar-refractivity contribution in [3.8, 4) is 0 Å². The Morgan fingerprint density at radius 2 is 1.90 bits per heavy atom. The Bertz CT molecular complexity index is 434. The predicted molar refractivity (Wildman–Crippen MR) is 72.8 cm³/mol. The summed E-state index contributed by atoms with van der Waals surface area (Å²) in [6, 6.07) is 6.97. The number of piperidine rings is 1. The number of rotatable bonds is 4. The molecule has 0 saturated carbocycles. The summed E-state index contributed by atoms with van der Waals surface area (Å²) < 4.78 is 0. The quantitative estimate of drug-likeness (QED) is 0.571. The Morgan fingerprint density at radius 3 is 2.35 bits per heavy atom. The molecular weight excluding hydrogens is 250 g/mol. The van der Waals surface area contributed by atoms with Crippen molar-refractivity contribution in [2.45, 2.75) is 25.7 Å². The molecule has 0 unspecified atom stereocenters. The number of nitrogens with one attached hydrogen (secondary N) is 1. The molecule has 1 aromatic carbocycles. The number of carboxylic acids is 1. The molecular formula is C13H18BLiN2O3. The van der Waals surface area contributed by atoms with Gasteiger partial charge in [-0.1, -0.05) is 12.1 Å². The van der Waals surface area contributed by atoms with Crippen LogP contribution >= 0.6 is 0 Å². The smallest absolute Gasteiger partial charge is 0.545 e. The Labute approximate surface area is 131 Å². The number of benzene rings is 1. The Balaban J connectivity index is 0.00000200. The summed E-state index contributed by atoms with van der Waals surface area (Å²) in [5, 5.41) is 23.5. The van der Waals surface area contributed by atoms with Gasteiger partial charge in [0.15, 0.2) is 0 Å². The van der Waals surface area contributed by atoms with E-state index in [1.807, 2.05) is 4.81 Å². The number of hydrogen-bond donors (Lipinski definition) is 2. The van der Waals surface area contributed by atoms with Crippen LogP contribution in [0.1, 0.15) is 23.2 Å². The second kappa shape index (κ2) is 7.75. The van der Waals surface area contributed by atoms with Crippen LogP contribution in [0.15, 0.2) is 24.3 Å². The van der Waals surface area contributed by atoms with Crippen LogP contribution in [0.3, 0.4) is 0 Å². The molecule has 0 radical (unpaired) electrons. The number of nitrogens with zero attached hydrogens (tertiary/aromatic N) is 1. The topological polar surface area (TPSA) is 75.6 Å². The van der Waals surface area contributed by atoms with Crippen LogP contribution in [0.4, 0.5) is 5.69 Å². The molecule has 1 saturated heterocycles. The standard InChI is InChI=1S/C13H19BN2O3.Li/c1-14(19)16-8-6-12(7-9-16)15-11-4-2-10(3-5-11)13(17)18;/h2-5,12,15,19H,6-9H2,1H3,(H,17,18);/q;+1/p-1. The van der Waals surface area contributed by atoms with Gasteiger partial charge in [-0.05, 0) is 50.5 Å². The number of anilines is 1. The molecule has 1 aromatic rings. The van der Waals surface area contributed by atoms with Gasteiger partial charge < -0.3 is 25.1 Å². The fraction of sp³-hybridized carbons (Fsp3) is 0.462. The van der Waals surface area contributed by atoms with Gasteiger partial charge >= 0.3 is 25.9 Å². The van der Waals surface area contributed by atoms with E-state index in [1.165, 1.54) is 0 Å². The summed E-state index contributed by atoms with van der Waals surface area (Å²) in [6.07, 6.45) is 1.93. The molecule has 1 aliphatic heterocycles. The zero-order chi connectivity index (χ0) is 13.8. The van der Waals surface area contributed by atoms with Gasteiger partial charge in [-0.2, -0.15) is 0 Å². The van der Waals surface area contributed by atoms with Gasteiger partial charge in [-0.15, -0.1) is 0 Å². The fourth-order valence-electron chi connectivity index (χ4n) is 2.36. The molecule has 2 N–H and O–H groups in total. The molecule has 1 aliphatic rings. The van der Waals surface area contributed by atoms with Crippen LogP contribution in [-0.2, 0) is 0 Å². The summed E-state index contributed by atoms with van der Waals surface area (Å²) >= 11 is 0. The Kier molecular flexibility index (Phi) is 6.63. The van der Waals surface area contributed by atoms with Crippen LogP contribution in [0.5, 0.6) is 0 Å². The predicted octanol–water partition coefficient (Wildman–Crippen LogP) is -2.96. The van der Waals surface area contributed by atoms with Crippen LogP contribution in [-0.4, -0.2) is 42.0 Å². The molecule has 102 valence electrons. The van der Waals surface area contributed by atoms with Gasteiger partial charge in [0.25, 0.3) is 0 Å². The van der Waals surface area contributed by atoms with Crippen LogP contribution in [0.25, 0.3) is 0 Å². The van der Waals surface area contributed by atoms with E-state index in [9.17, 15) is 14.9 Å². The first-order valence-electron chi connectivity index (χ1n) is 6.56. The average Bonchev–Trinajstić information content (AvgIpc) is 2.40. The number of carbonyl (C=O) groups excluding carboxylic acids is 1. The monoisotopic (exact) mass is 268 g/mol. The van der Waals surface area contributed by atoms with E-state index in [0.29, 0.717) is 6.04 Å². The maximum atomic E-state index is 10.6. The van der Waals surface area contributed by atoms with Crippen LogP contribution < -0.4 is 29.3 Å². The summed E-state index contributed by atoms with van der Waals surface area (Å²) in [6.45, 7) is 3.52. The van der Waals surface area contributed by atoms with Gasteiger partial charge in [-0.25, -0.2) is 0 Å². The number of carbonyl (C=O) groups is 1. The summed E-state index contributed by atoms with van der Waals surface area (Å²) in [5.41, 5.74) is 1.11.